The molecule has 2 N–H and O–H groups in total. The summed E-state index contributed by atoms with van der Waals surface area (Å²) in [6.45, 7) is 2.11. The average molecular weight is 299 g/mol. The molecule has 0 aliphatic carbocycles. The summed E-state index contributed by atoms with van der Waals surface area (Å²) in [4.78, 5) is 14.9. The highest BCUT2D eigenvalue weighted by molar-refractivity contribution is 7.90. The Hall–Kier alpha value is -1.67. The van der Waals surface area contributed by atoms with Gasteiger partial charge in [0, 0.05) is 19.3 Å². The van der Waals surface area contributed by atoms with Gasteiger partial charge in [-0.3, -0.25) is 14.5 Å². The Morgan fingerprint density at radius 1 is 1.55 bits per heavy atom. The van der Waals surface area contributed by atoms with Crippen LogP contribution < -0.4 is 4.72 Å². The molecule has 1 aliphatic rings. The lowest BCUT2D eigenvalue weighted by molar-refractivity contribution is -0.142. The van der Waals surface area contributed by atoms with Gasteiger partial charge < -0.3 is 5.11 Å². The lowest BCUT2D eigenvalue weighted by Gasteiger charge is -2.30. The van der Waals surface area contributed by atoms with Crippen LogP contribution in [0.1, 0.15) is 18.4 Å². The predicted molar refractivity (Wildman–Crippen MR) is 73.4 cm³/mol. The molecule has 8 heteroatoms. The van der Waals surface area contributed by atoms with Gasteiger partial charge in [-0.25, -0.2) is 0 Å². The normalized spacial score (nSPS) is 20.6. The van der Waals surface area contributed by atoms with Crippen LogP contribution in [-0.4, -0.2) is 41.9 Å². The van der Waals surface area contributed by atoms with Crippen molar-refractivity contribution in [3.8, 4) is 0 Å². The lowest BCUT2D eigenvalue weighted by atomic mass is 10.0. The number of piperidine rings is 1. The molecule has 0 saturated carbocycles. The second-order valence-electron chi connectivity index (χ2n) is 4.83. The zero-order chi connectivity index (χ0) is 14.8. The number of carboxylic acid groups (broad SMARTS) is 1. The minimum atomic E-state index is -3.75. The standard InChI is InChI=1S/C12H17N3O4S/c1-9-4-5-13-7-11(9)14-20(18,19)15-6-2-3-10(8-15)12(16)17/h4-5,7,10,14H,2-3,6,8H2,1H3,(H,16,17). The molecule has 2 heterocycles. The van der Waals surface area contributed by atoms with Gasteiger partial charge in [-0.05, 0) is 31.4 Å². The maximum atomic E-state index is 12.3. The van der Waals surface area contributed by atoms with Gasteiger partial charge in [-0.15, -0.1) is 0 Å². The molecule has 1 unspecified atom stereocenters. The number of hydrogen-bond acceptors (Lipinski definition) is 4. The highest BCUT2D eigenvalue weighted by Gasteiger charge is 2.32. The predicted octanol–water partition coefficient (Wildman–Crippen LogP) is 0.843. The van der Waals surface area contributed by atoms with Crippen molar-refractivity contribution in [1.29, 1.82) is 0 Å². The fourth-order valence-corrected chi connectivity index (χ4v) is 3.50. The van der Waals surface area contributed by atoms with Crippen LogP contribution in [0.15, 0.2) is 18.5 Å². The van der Waals surface area contributed by atoms with Crippen LogP contribution in [0.5, 0.6) is 0 Å². The molecule has 20 heavy (non-hydrogen) atoms. The molecule has 0 amide bonds. The number of aryl methyl sites for hydroxylation is 1. The van der Waals surface area contributed by atoms with Crippen molar-refractivity contribution in [3.63, 3.8) is 0 Å². The van der Waals surface area contributed by atoms with E-state index in [0.717, 1.165) is 5.56 Å². The third kappa shape index (κ3) is 3.26. The van der Waals surface area contributed by atoms with Gasteiger partial charge in [0.15, 0.2) is 0 Å². The topological polar surface area (TPSA) is 99.6 Å². The van der Waals surface area contributed by atoms with Crippen LogP contribution in [0, 0.1) is 12.8 Å². The lowest BCUT2D eigenvalue weighted by Crippen LogP contribution is -2.44. The number of aliphatic carboxylic acids is 1. The third-order valence-electron chi connectivity index (χ3n) is 3.35. The molecule has 0 spiro atoms. The first-order chi connectivity index (χ1) is 9.40. The van der Waals surface area contributed by atoms with Crippen molar-refractivity contribution in [2.45, 2.75) is 19.8 Å². The number of carbonyl (C=O) groups is 1. The van der Waals surface area contributed by atoms with Crippen molar-refractivity contribution in [1.82, 2.24) is 9.29 Å². The van der Waals surface area contributed by atoms with E-state index < -0.39 is 22.1 Å². The molecular weight excluding hydrogens is 282 g/mol. The number of aromatic nitrogens is 1. The van der Waals surface area contributed by atoms with Crippen LogP contribution in [-0.2, 0) is 15.0 Å². The monoisotopic (exact) mass is 299 g/mol. The molecule has 1 atom stereocenters. The molecule has 2 rings (SSSR count). The first kappa shape index (κ1) is 14.7. The molecule has 1 fully saturated rings. The van der Waals surface area contributed by atoms with E-state index in [-0.39, 0.29) is 6.54 Å². The second kappa shape index (κ2) is 5.76. The van der Waals surface area contributed by atoms with Gasteiger partial charge >= 0.3 is 16.2 Å². The quantitative estimate of drug-likeness (QED) is 0.858. The van der Waals surface area contributed by atoms with Gasteiger partial charge in [0.05, 0.1) is 17.8 Å². The summed E-state index contributed by atoms with van der Waals surface area (Å²) in [5.74, 6) is -1.60. The SMILES string of the molecule is Cc1ccncc1NS(=O)(=O)N1CCCC(C(=O)O)C1. The fraction of sp³-hybridized carbons (Fsp3) is 0.500. The van der Waals surface area contributed by atoms with Crippen LogP contribution in [0.25, 0.3) is 0 Å². The summed E-state index contributed by atoms with van der Waals surface area (Å²) in [5, 5.41) is 9.00. The Kier molecular flexibility index (Phi) is 4.24. The molecule has 0 bridgehead atoms. The van der Waals surface area contributed by atoms with Crippen LogP contribution in [0.3, 0.4) is 0 Å². The minimum absolute atomic E-state index is 0.00394. The van der Waals surface area contributed by atoms with Gasteiger partial charge in [0.1, 0.15) is 0 Å². The molecule has 1 aliphatic heterocycles. The van der Waals surface area contributed by atoms with Crippen LogP contribution >= 0.6 is 0 Å². The number of nitrogens with zero attached hydrogens (tertiary/aromatic N) is 2. The zero-order valence-electron chi connectivity index (χ0n) is 11.1. The Bertz CT molecular complexity index is 602. The maximum absolute atomic E-state index is 12.3. The molecular formula is C12H17N3O4S. The smallest absolute Gasteiger partial charge is 0.307 e. The van der Waals surface area contributed by atoms with E-state index in [0.29, 0.717) is 25.1 Å². The number of hydrogen-bond donors (Lipinski definition) is 2. The Morgan fingerprint density at radius 2 is 2.30 bits per heavy atom. The minimum Gasteiger partial charge on any atom is -0.481 e. The van der Waals surface area contributed by atoms with Crippen molar-refractivity contribution >= 4 is 21.9 Å². The average Bonchev–Trinajstić information content (AvgIpc) is 2.41. The Labute approximate surface area is 117 Å². The molecule has 7 nitrogen and oxygen atoms in total. The summed E-state index contributed by atoms with van der Waals surface area (Å²) in [7, 11) is -3.75. The summed E-state index contributed by atoms with van der Waals surface area (Å²) in [5.41, 5.74) is 1.17. The fourth-order valence-electron chi connectivity index (χ4n) is 2.14. The van der Waals surface area contributed by atoms with Crippen LogP contribution in [0.4, 0.5) is 5.69 Å². The first-order valence-corrected chi connectivity index (χ1v) is 7.75. The van der Waals surface area contributed by atoms with Crippen molar-refractivity contribution in [3.05, 3.63) is 24.0 Å². The highest BCUT2D eigenvalue weighted by atomic mass is 32.2. The van der Waals surface area contributed by atoms with E-state index >= 15 is 0 Å². The number of carboxylic acids is 1. The molecule has 110 valence electrons. The molecule has 0 radical (unpaired) electrons. The highest BCUT2D eigenvalue weighted by Crippen LogP contribution is 2.21. The largest absolute Gasteiger partial charge is 0.481 e. The summed E-state index contributed by atoms with van der Waals surface area (Å²) >= 11 is 0. The van der Waals surface area contributed by atoms with Crippen molar-refractivity contribution in [2.24, 2.45) is 5.92 Å². The Morgan fingerprint density at radius 3 is 2.95 bits per heavy atom. The molecule has 1 aromatic heterocycles. The van der Waals surface area contributed by atoms with Gasteiger partial charge in [-0.1, -0.05) is 0 Å². The van der Waals surface area contributed by atoms with Gasteiger partial charge in [0.25, 0.3) is 0 Å². The molecule has 1 saturated heterocycles. The summed E-state index contributed by atoms with van der Waals surface area (Å²) in [6, 6.07) is 1.70. The summed E-state index contributed by atoms with van der Waals surface area (Å²) < 4.78 is 28.2. The van der Waals surface area contributed by atoms with Crippen molar-refractivity contribution in [2.75, 3.05) is 17.8 Å². The second-order valence-corrected chi connectivity index (χ2v) is 6.50. The Balaban J connectivity index is 2.14. The number of pyridine rings is 1. The van der Waals surface area contributed by atoms with E-state index in [1.807, 2.05) is 0 Å². The molecule has 0 aromatic carbocycles. The van der Waals surface area contributed by atoms with Gasteiger partial charge in [-0.2, -0.15) is 12.7 Å². The van der Waals surface area contributed by atoms with E-state index in [9.17, 15) is 13.2 Å². The number of anilines is 1. The zero-order valence-corrected chi connectivity index (χ0v) is 11.9. The first-order valence-electron chi connectivity index (χ1n) is 6.31. The summed E-state index contributed by atoms with van der Waals surface area (Å²) in [6.07, 6.45) is 4.07. The third-order valence-corrected chi connectivity index (χ3v) is 4.84. The molecule has 1 aromatic rings. The van der Waals surface area contributed by atoms with E-state index in [1.165, 1.54) is 10.5 Å². The maximum Gasteiger partial charge on any atom is 0.307 e. The number of rotatable bonds is 4. The van der Waals surface area contributed by atoms with E-state index in [2.05, 4.69) is 9.71 Å². The van der Waals surface area contributed by atoms with E-state index in [4.69, 9.17) is 5.11 Å². The van der Waals surface area contributed by atoms with Crippen LogP contribution in [0.2, 0.25) is 0 Å². The van der Waals surface area contributed by atoms with Crippen molar-refractivity contribution < 1.29 is 18.3 Å². The number of nitrogens with one attached hydrogen (secondary N) is 1. The van der Waals surface area contributed by atoms with E-state index in [1.54, 1.807) is 19.2 Å². The van der Waals surface area contributed by atoms with Gasteiger partial charge in [0.2, 0.25) is 0 Å².